The van der Waals surface area contributed by atoms with Crippen molar-refractivity contribution in [2.24, 2.45) is 0 Å². The van der Waals surface area contributed by atoms with Gasteiger partial charge in [-0.15, -0.1) is 0 Å². The number of ketones is 1. The van der Waals surface area contributed by atoms with Gasteiger partial charge in [-0.1, -0.05) is 18.7 Å². The van der Waals surface area contributed by atoms with Crippen LogP contribution < -0.4 is 4.74 Å². The monoisotopic (exact) mass is 252 g/mol. The standard InChI is InChI=1S/C13H16O3S/c1-9(2)10-6-5-7-11(13(10)16-3)12(14)8-17(4)15/h5-7H,1,8H2,2-4H3. The third-order valence-corrected chi connectivity index (χ3v) is 2.98. The Balaban J connectivity index is 3.24. The fraction of sp³-hybridized carbons (Fsp3) is 0.308. The largest absolute Gasteiger partial charge is 0.495 e. The Morgan fingerprint density at radius 2 is 2.00 bits per heavy atom. The molecule has 0 saturated heterocycles. The second-order valence-electron chi connectivity index (χ2n) is 3.81. The minimum atomic E-state index is -1.15. The number of allylic oxidation sites excluding steroid dienone is 1. The predicted octanol–water partition coefficient (Wildman–Crippen LogP) is 2.29. The molecule has 0 amide bonds. The van der Waals surface area contributed by atoms with Crippen molar-refractivity contribution < 1.29 is 13.7 Å². The van der Waals surface area contributed by atoms with Gasteiger partial charge in [0.2, 0.25) is 0 Å². The van der Waals surface area contributed by atoms with Gasteiger partial charge in [-0.05, 0) is 18.6 Å². The van der Waals surface area contributed by atoms with Gasteiger partial charge in [0.15, 0.2) is 5.78 Å². The highest BCUT2D eigenvalue weighted by molar-refractivity contribution is 7.85. The molecule has 0 aliphatic carbocycles. The zero-order chi connectivity index (χ0) is 13.0. The molecular formula is C13H16O3S. The molecule has 0 spiro atoms. The molecule has 1 aromatic carbocycles. The summed E-state index contributed by atoms with van der Waals surface area (Å²) >= 11 is 0. The van der Waals surface area contributed by atoms with Crippen molar-refractivity contribution in [1.29, 1.82) is 0 Å². The number of Topliss-reactive ketones (excluding diaryl/α,β-unsaturated/α-hetero) is 1. The Hall–Kier alpha value is -1.42. The molecular weight excluding hydrogens is 236 g/mol. The van der Waals surface area contributed by atoms with Crippen LogP contribution in [-0.2, 0) is 10.8 Å². The molecule has 17 heavy (non-hydrogen) atoms. The van der Waals surface area contributed by atoms with E-state index in [-0.39, 0.29) is 11.5 Å². The number of benzene rings is 1. The van der Waals surface area contributed by atoms with E-state index in [0.29, 0.717) is 11.3 Å². The number of rotatable bonds is 5. The second kappa shape index (κ2) is 5.77. The molecule has 0 N–H and O–H groups in total. The summed E-state index contributed by atoms with van der Waals surface area (Å²) in [6.07, 6.45) is 1.51. The smallest absolute Gasteiger partial charge is 0.179 e. The first-order valence-electron chi connectivity index (χ1n) is 5.13. The number of methoxy groups -OCH3 is 1. The summed E-state index contributed by atoms with van der Waals surface area (Å²) in [5.41, 5.74) is 2.09. The minimum Gasteiger partial charge on any atom is -0.495 e. The molecule has 4 heteroatoms. The van der Waals surface area contributed by atoms with E-state index in [1.165, 1.54) is 13.4 Å². The summed E-state index contributed by atoms with van der Waals surface area (Å²) in [6.45, 7) is 5.70. The summed E-state index contributed by atoms with van der Waals surface area (Å²) in [5, 5.41) is 0. The average Bonchev–Trinajstić information content (AvgIpc) is 2.26. The number of hydrogen-bond acceptors (Lipinski definition) is 3. The fourth-order valence-electron chi connectivity index (χ4n) is 1.57. The van der Waals surface area contributed by atoms with E-state index >= 15 is 0 Å². The van der Waals surface area contributed by atoms with E-state index in [4.69, 9.17) is 4.74 Å². The SMILES string of the molecule is C=C(C)c1cccc(C(=O)CS(C)=O)c1OC. The molecule has 92 valence electrons. The van der Waals surface area contributed by atoms with Gasteiger partial charge in [-0.3, -0.25) is 9.00 Å². The lowest BCUT2D eigenvalue weighted by Gasteiger charge is -2.12. The van der Waals surface area contributed by atoms with Crippen LogP contribution in [0.5, 0.6) is 5.75 Å². The maximum Gasteiger partial charge on any atom is 0.179 e. The van der Waals surface area contributed by atoms with E-state index in [0.717, 1.165) is 11.1 Å². The third-order valence-electron chi connectivity index (χ3n) is 2.31. The first kappa shape index (κ1) is 13.6. The summed E-state index contributed by atoms with van der Waals surface area (Å²) in [5.74, 6) is 0.344. The fourth-order valence-corrected chi connectivity index (χ4v) is 2.10. The van der Waals surface area contributed by atoms with E-state index in [1.807, 2.05) is 13.0 Å². The normalized spacial score (nSPS) is 11.9. The van der Waals surface area contributed by atoms with Gasteiger partial charge in [-0.2, -0.15) is 0 Å². The maximum absolute atomic E-state index is 11.9. The number of carbonyl (C=O) groups excluding carboxylic acids is 1. The predicted molar refractivity (Wildman–Crippen MR) is 71.0 cm³/mol. The molecule has 0 fully saturated rings. The highest BCUT2D eigenvalue weighted by atomic mass is 32.2. The Kier molecular flexibility index (Phi) is 4.63. The van der Waals surface area contributed by atoms with Crippen LogP contribution in [0.25, 0.3) is 5.57 Å². The van der Waals surface area contributed by atoms with Crippen molar-refractivity contribution in [2.75, 3.05) is 19.1 Å². The van der Waals surface area contributed by atoms with E-state index in [1.54, 1.807) is 12.1 Å². The Labute approximate surface area is 104 Å². The Bertz CT molecular complexity index is 478. The van der Waals surface area contributed by atoms with Gasteiger partial charge in [0.1, 0.15) is 5.75 Å². The molecule has 1 atom stereocenters. The van der Waals surface area contributed by atoms with Crippen LogP contribution in [0, 0.1) is 0 Å². The zero-order valence-electron chi connectivity index (χ0n) is 10.3. The lowest BCUT2D eigenvalue weighted by Crippen LogP contribution is -2.11. The third kappa shape index (κ3) is 3.27. The Morgan fingerprint density at radius 1 is 1.41 bits per heavy atom. The first-order chi connectivity index (χ1) is 7.97. The number of carbonyl (C=O) groups is 1. The zero-order valence-corrected chi connectivity index (χ0v) is 11.1. The number of ether oxygens (including phenoxy) is 1. The maximum atomic E-state index is 11.9. The quantitative estimate of drug-likeness (QED) is 0.755. The summed E-state index contributed by atoms with van der Waals surface area (Å²) in [7, 11) is 0.364. The summed E-state index contributed by atoms with van der Waals surface area (Å²) < 4.78 is 16.3. The molecule has 0 heterocycles. The average molecular weight is 252 g/mol. The first-order valence-corrected chi connectivity index (χ1v) is 6.86. The van der Waals surface area contributed by atoms with Crippen molar-refractivity contribution in [2.45, 2.75) is 6.92 Å². The van der Waals surface area contributed by atoms with Crippen molar-refractivity contribution in [3.8, 4) is 5.75 Å². The lowest BCUT2D eigenvalue weighted by molar-refractivity contribution is 0.101. The highest BCUT2D eigenvalue weighted by Crippen LogP contribution is 2.29. The molecule has 0 aromatic heterocycles. The molecule has 1 aromatic rings. The van der Waals surface area contributed by atoms with Gasteiger partial charge in [0.25, 0.3) is 0 Å². The topological polar surface area (TPSA) is 43.4 Å². The van der Waals surface area contributed by atoms with Crippen LogP contribution in [0.4, 0.5) is 0 Å². The van der Waals surface area contributed by atoms with Gasteiger partial charge in [-0.25, -0.2) is 0 Å². The summed E-state index contributed by atoms with van der Waals surface area (Å²) in [6, 6.07) is 5.31. The molecule has 0 saturated carbocycles. The van der Waals surface area contributed by atoms with Gasteiger partial charge >= 0.3 is 0 Å². The highest BCUT2D eigenvalue weighted by Gasteiger charge is 2.16. The van der Waals surface area contributed by atoms with E-state index < -0.39 is 10.8 Å². The lowest BCUT2D eigenvalue weighted by atomic mass is 10.0. The number of para-hydroxylation sites is 1. The van der Waals surface area contributed by atoms with Crippen LogP contribution >= 0.6 is 0 Å². The molecule has 1 rings (SSSR count). The Morgan fingerprint density at radius 3 is 2.47 bits per heavy atom. The van der Waals surface area contributed by atoms with Crippen LogP contribution in [0.15, 0.2) is 24.8 Å². The number of hydrogen-bond donors (Lipinski definition) is 0. The van der Waals surface area contributed by atoms with Crippen LogP contribution in [-0.4, -0.2) is 29.1 Å². The van der Waals surface area contributed by atoms with E-state index in [2.05, 4.69) is 6.58 Å². The van der Waals surface area contributed by atoms with Crippen molar-refractivity contribution in [3.05, 3.63) is 35.9 Å². The second-order valence-corrected chi connectivity index (χ2v) is 5.24. The molecule has 0 radical (unpaired) electrons. The van der Waals surface area contributed by atoms with Crippen molar-refractivity contribution in [1.82, 2.24) is 0 Å². The molecule has 0 aliphatic rings. The van der Waals surface area contributed by atoms with Crippen molar-refractivity contribution >= 4 is 22.2 Å². The van der Waals surface area contributed by atoms with E-state index in [9.17, 15) is 9.00 Å². The summed E-state index contributed by atoms with van der Waals surface area (Å²) in [4.78, 5) is 11.9. The van der Waals surface area contributed by atoms with Gasteiger partial charge < -0.3 is 4.74 Å². The van der Waals surface area contributed by atoms with Gasteiger partial charge in [0, 0.05) is 22.6 Å². The van der Waals surface area contributed by atoms with Crippen molar-refractivity contribution in [3.63, 3.8) is 0 Å². The van der Waals surface area contributed by atoms with Crippen LogP contribution in [0.1, 0.15) is 22.8 Å². The molecule has 1 unspecified atom stereocenters. The van der Waals surface area contributed by atoms with Gasteiger partial charge in [0.05, 0.1) is 18.4 Å². The minimum absolute atomic E-state index is 0.00992. The van der Waals surface area contributed by atoms with Crippen LogP contribution in [0.2, 0.25) is 0 Å². The molecule has 3 nitrogen and oxygen atoms in total. The van der Waals surface area contributed by atoms with Crippen LogP contribution in [0.3, 0.4) is 0 Å². The molecule has 0 bridgehead atoms. The molecule has 0 aliphatic heterocycles.